The van der Waals surface area contributed by atoms with Gasteiger partial charge in [-0.25, -0.2) is 4.98 Å². The van der Waals surface area contributed by atoms with E-state index in [1.807, 2.05) is 52.1 Å². The Morgan fingerprint density at radius 1 is 1.23 bits per heavy atom. The number of aromatic nitrogens is 2. The number of benzene rings is 1. The third kappa shape index (κ3) is 5.11. The Morgan fingerprint density at radius 3 is 2.61 bits per heavy atom. The van der Waals surface area contributed by atoms with Gasteiger partial charge in [0.2, 0.25) is 5.91 Å². The van der Waals surface area contributed by atoms with E-state index < -0.39 is 5.60 Å². The molecule has 6 nitrogen and oxygen atoms in total. The van der Waals surface area contributed by atoms with Gasteiger partial charge in [-0.3, -0.25) is 14.2 Å². The summed E-state index contributed by atoms with van der Waals surface area (Å²) in [4.78, 5) is 31.5. The van der Waals surface area contributed by atoms with Crippen LogP contribution in [0.3, 0.4) is 0 Å². The van der Waals surface area contributed by atoms with E-state index in [0.29, 0.717) is 38.0 Å². The number of carbonyl (C=O) groups is 1. The minimum atomic E-state index is -1.02. The predicted molar refractivity (Wildman–Crippen MR) is 122 cm³/mol. The normalized spacial score (nSPS) is 16.8. The van der Waals surface area contributed by atoms with Gasteiger partial charge in [0.25, 0.3) is 5.56 Å². The van der Waals surface area contributed by atoms with Crippen LogP contribution in [-0.2, 0) is 11.3 Å². The highest BCUT2D eigenvalue weighted by atomic mass is 32.1. The number of nitrogens with zero attached hydrogens (tertiary/aromatic N) is 3. The second kappa shape index (κ2) is 9.16. The first kappa shape index (κ1) is 21.5. The first-order chi connectivity index (χ1) is 14.9. The summed E-state index contributed by atoms with van der Waals surface area (Å²) < 4.78 is 1.46. The number of piperidine rings is 1. The van der Waals surface area contributed by atoms with Crippen molar-refractivity contribution in [3.8, 4) is 11.3 Å². The molecule has 31 heavy (non-hydrogen) atoms. The fourth-order valence-corrected chi connectivity index (χ4v) is 4.70. The zero-order chi connectivity index (χ0) is 21.8. The molecule has 0 aliphatic carbocycles. The van der Waals surface area contributed by atoms with Gasteiger partial charge >= 0.3 is 0 Å². The van der Waals surface area contributed by atoms with E-state index in [1.165, 1.54) is 17.0 Å². The summed E-state index contributed by atoms with van der Waals surface area (Å²) >= 11 is 1.56. The molecule has 1 aromatic carbocycles. The van der Waals surface area contributed by atoms with E-state index in [9.17, 15) is 14.7 Å². The quantitative estimate of drug-likeness (QED) is 0.640. The first-order valence-corrected chi connectivity index (χ1v) is 11.5. The van der Waals surface area contributed by atoms with Gasteiger partial charge in [-0.15, -0.1) is 0 Å². The molecule has 1 aliphatic rings. The van der Waals surface area contributed by atoms with Crippen molar-refractivity contribution >= 4 is 17.2 Å². The van der Waals surface area contributed by atoms with Crippen LogP contribution >= 0.6 is 11.3 Å². The third-order valence-corrected chi connectivity index (χ3v) is 6.74. The van der Waals surface area contributed by atoms with Crippen molar-refractivity contribution in [2.45, 2.75) is 44.2 Å². The lowest BCUT2D eigenvalue weighted by molar-refractivity contribution is -0.136. The van der Waals surface area contributed by atoms with Crippen molar-refractivity contribution in [3.63, 3.8) is 0 Å². The van der Waals surface area contributed by atoms with Gasteiger partial charge in [0.15, 0.2) is 0 Å². The molecule has 1 saturated heterocycles. The molecule has 1 N–H and O–H groups in total. The minimum absolute atomic E-state index is 0.109. The number of hydrogen-bond acceptors (Lipinski definition) is 5. The maximum atomic E-state index is 12.7. The minimum Gasteiger partial charge on any atom is -0.388 e. The molecule has 0 spiro atoms. The standard InChI is InChI=1S/C24H27N3O3S/c1-18(19-5-3-2-4-6-19)13-22(28)26-10-8-24(30,9-11-26)16-27-17-25-21(14-23(27)29)20-7-12-31-15-20/h2-7,12,14-15,17-18,30H,8-11,13,16H2,1H3/t18-/m1/s1. The summed E-state index contributed by atoms with van der Waals surface area (Å²) in [6, 6.07) is 13.5. The zero-order valence-corrected chi connectivity index (χ0v) is 18.4. The number of aliphatic hydroxyl groups is 1. The van der Waals surface area contributed by atoms with Crippen LogP contribution in [0.2, 0.25) is 0 Å². The Bertz CT molecular complexity index is 1070. The third-order valence-electron chi connectivity index (χ3n) is 6.06. The Morgan fingerprint density at radius 2 is 1.97 bits per heavy atom. The Hall–Kier alpha value is -2.77. The molecular weight excluding hydrogens is 410 g/mol. The number of hydrogen-bond donors (Lipinski definition) is 1. The van der Waals surface area contributed by atoms with Crippen LogP contribution in [0.4, 0.5) is 0 Å². The molecule has 4 rings (SSSR count). The molecule has 1 atom stereocenters. The van der Waals surface area contributed by atoms with Gasteiger partial charge in [0.1, 0.15) is 0 Å². The van der Waals surface area contributed by atoms with Crippen molar-refractivity contribution < 1.29 is 9.90 Å². The average molecular weight is 438 g/mol. The second-order valence-corrected chi connectivity index (χ2v) is 9.15. The van der Waals surface area contributed by atoms with Gasteiger partial charge in [-0.1, -0.05) is 37.3 Å². The molecule has 162 valence electrons. The van der Waals surface area contributed by atoms with Crippen LogP contribution in [0.1, 0.15) is 37.7 Å². The number of amides is 1. The van der Waals surface area contributed by atoms with E-state index in [-0.39, 0.29) is 23.9 Å². The van der Waals surface area contributed by atoms with Crippen LogP contribution in [0, 0.1) is 0 Å². The highest BCUT2D eigenvalue weighted by Gasteiger charge is 2.34. The van der Waals surface area contributed by atoms with Crippen LogP contribution in [0.15, 0.2) is 64.3 Å². The molecule has 0 bridgehead atoms. The number of carbonyl (C=O) groups excluding carboxylic acids is 1. The zero-order valence-electron chi connectivity index (χ0n) is 17.6. The maximum absolute atomic E-state index is 12.7. The van der Waals surface area contributed by atoms with E-state index >= 15 is 0 Å². The van der Waals surface area contributed by atoms with E-state index in [1.54, 1.807) is 11.3 Å². The van der Waals surface area contributed by atoms with Crippen LogP contribution in [0.5, 0.6) is 0 Å². The van der Waals surface area contributed by atoms with Gasteiger partial charge in [0, 0.05) is 36.5 Å². The monoisotopic (exact) mass is 437 g/mol. The average Bonchev–Trinajstić information content (AvgIpc) is 3.31. The van der Waals surface area contributed by atoms with E-state index in [4.69, 9.17) is 0 Å². The molecule has 1 fully saturated rings. The SMILES string of the molecule is C[C@H](CC(=O)N1CCC(O)(Cn2cnc(-c3ccsc3)cc2=O)CC1)c1ccccc1. The Labute approximate surface area is 185 Å². The Kier molecular flexibility index (Phi) is 6.34. The molecule has 0 unspecified atom stereocenters. The topological polar surface area (TPSA) is 75.4 Å². The molecule has 3 heterocycles. The van der Waals surface area contributed by atoms with E-state index in [2.05, 4.69) is 11.9 Å². The maximum Gasteiger partial charge on any atom is 0.253 e. The summed E-state index contributed by atoms with van der Waals surface area (Å²) in [6.07, 6.45) is 2.84. The van der Waals surface area contributed by atoms with Crippen molar-refractivity contribution in [2.24, 2.45) is 0 Å². The lowest BCUT2D eigenvalue weighted by Gasteiger charge is -2.38. The molecule has 3 aromatic rings. The highest BCUT2D eigenvalue weighted by molar-refractivity contribution is 7.08. The number of rotatable bonds is 6. The molecule has 7 heteroatoms. The summed E-state index contributed by atoms with van der Waals surface area (Å²) in [6.45, 7) is 3.23. The van der Waals surface area contributed by atoms with Gasteiger partial charge in [-0.2, -0.15) is 11.3 Å². The molecule has 2 aromatic heterocycles. The molecular formula is C24H27N3O3S. The highest BCUT2D eigenvalue weighted by Crippen LogP contribution is 2.26. The first-order valence-electron chi connectivity index (χ1n) is 10.6. The van der Waals surface area contributed by atoms with Crippen molar-refractivity contribution in [1.29, 1.82) is 0 Å². The van der Waals surface area contributed by atoms with Crippen molar-refractivity contribution in [3.05, 3.63) is 75.5 Å². The van der Waals surface area contributed by atoms with Gasteiger partial charge in [0.05, 0.1) is 24.2 Å². The fraction of sp³-hybridized carbons (Fsp3) is 0.375. The van der Waals surface area contributed by atoms with Crippen LogP contribution in [0.25, 0.3) is 11.3 Å². The fourth-order valence-electron chi connectivity index (χ4n) is 4.05. The van der Waals surface area contributed by atoms with Crippen LogP contribution in [-0.4, -0.2) is 44.2 Å². The van der Waals surface area contributed by atoms with E-state index in [0.717, 1.165) is 11.1 Å². The van der Waals surface area contributed by atoms with Crippen molar-refractivity contribution in [1.82, 2.24) is 14.5 Å². The molecule has 0 saturated carbocycles. The Balaban J connectivity index is 1.34. The lowest BCUT2D eigenvalue weighted by Crippen LogP contribution is -2.49. The number of thiophene rings is 1. The predicted octanol–water partition coefficient (Wildman–Crippen LogP) is 3.52. The van der Waals surface area contributed by atoms with Crippen molar-refractivity contribution in [2.75, 3.05) is 13.1 Å². The summed E-state index contributed by atoms with van der Waals surface area (Å²) in [5, 5.41) is 14.9. The number of likely N-dealkylation sites (tertiary alicyclic amines) is 1. The molecule has 0 radical (unpaired) electrons. The molecule has 1 aliphatic heterocycles. The van der Waals surface area contributed by atoms with Crippen LogP contribution < -0.4 is 5.56 Å². The second-order valence-electron chi connectivity index (χ2n) is 8.37. The van der Waals surface area contributed by atoms with Gasteiger partial charge < -0.3 is 10.0 Å². The summed E-state index contributed by atoms with van der Waals surface area (Å²) in [7, 11) is 0. The summed E-state index contributed by atoms with van der Waals surface area (Å²) in [5.41, 5.74) is 1.52. The summed E-state index contributed by atoms with van der Waals surface area (Å²) in [5.74, 6) is 0.262. The largest absolute Gasteiger partial charge is 0.388 e. The lowest BCUT2D eigenvalue weighted by atomic mass is 9.90. The molecule has 1 amide bonds. The smallest absolute Gasteiger partial charge is 0.253 e. The van der Waals surface area contributed by atoms with Gasteiger partial charge in [-0.05, 0) is 35.8 Å².